The molecule has 5 heterocycles. The van der Waals surface area contributed by atoms with Gasteiger partial charge in [-0.2, -0.15) is 18.3 Å². The number of piperidine rings is 2. The average molecular weight is 791 g/mol. The second-order valence-electron chi connectivity index (χ2n) is 15.3. The maximum Gasteiger partial charge on any atom is 0.433 e. The molecule has 8 rings (SSSR count). The molecule has 2 aliphatic heterocycles. The van der Waals surface area contributed by atoms with Gasteiger partial charge in [0.25, 0.3) is 5.91 Å². The number of imidazole rings is 1. The lowest BCUT2D eigenvalue weighted by atomic mass is 9.83. The van der Waals surface area contributed by atoms with E-state index in [2.05, 4.69) is 20.5 Å². The van der Waals surface area contributed by atoms with Crippen molar-refractivity contribution in [2.75, 3.05) is 32.1 Å². The van der Waals surface area contributed by atoms with E-state index in [1.54, 1.807) is 31.3 Å². The van der Waals surface area contributed by atoms with E-state index >= 15 is 4.39 Å². The first kappa shape index (κ1) is 38.3. The summed E-state index contributed by atoms with van der Waals surface area (Å²) in [6.07, 6.45) is 0.610. The highest BCUT2D eigenvalue weighted by molar-refractivity contribution is 6.05. The third-order valence-corrected chi connectivity index (χ3v) is 11.8. The van der Waals surface area contributed by atoms with Crippen molar-refractivity contribution in [2.45, 2.75) is 75.3 Å². The van der Waals surface area contributed by atoms with E-state index in [1.807, 2.05) is 16.9 Å². The van der Waals surface area contributed by atoms with Gasteiger partial charge in [-0.3, -0.25) is 33.5 Å². The second kappa shape index (κ2) is 15.1. The number of anilines is 1. The number of pyridine rings is 1. The molecule has 3 atom stereocenters. The van der Waals surface area contributed by atoms with Gasteiger partial charge in [0, 0.05) is 50.1 Å². The van der Waals surface area contributed by atoms with Crippen LogP contribution in [0.5, 0.6) is 5.75 Å². The minimum atomic E-state index is -4.69. The third kappa shape index (κ3) is 7.40. The molecular formula is C40H42F4N8O5. The minimum absolute atomic E-state index is 0.131. The highest BCUT2D eigenvalue weighted by Gasteiger charge is 2.37. The van der Waals surface area contributed by atoms with Gasteiger partial charge in [0.15, 0.2) is 0 Å². The van der Waals surface area contributed by atoms with E-state index in [4.69, 9.17) is 9.84 Å². The zero-order valence-electron chi connectivity index (χ0n) is 31.4. The fraction of sp³-hybridized carbons (Fsp3) is 0.450. The van der Waals surface area contributed by atoms with Crippen LogP contribution in [0, 0.1) is 5.92 Å². The van der Waals surface area contributed by atoms with Crippen LogP contribution in [-0.2, 0) is 22.8 Å². The van der Waals surface area contributed by atoms with Gasteiger partial charge >= 0.3 is 11.9 Å². The predicted octanol–water partition coefficient (Wildman–Crippen LogP) is 5.90. The van der Waals surface area contributed by atoms with Crippen LogP contribution in [0.4, 0.5) is 23.2 Å². The molecular weight excluding hydrogens is 748 g/mol. The number of imide groups is 1. The van der Waals surface area contributed by atoms with Crippen LogP contribution >= 0.6 is 0 Å². The quantitative estimate of drug-likeness (QED) is 0.146. The van der Waals surface area contributed by atoms with Gasteiger partial charge in [-0.15, -0.1) is 0 Å². The summed E-state index contributed by atoms with van der Waals surface area (Å²) in [4.78, 5) is 56.4. The number of hydrogen-bond acceptors (Lipinski definition) is 8. The monoisotopic (exact) mass is 790 g/mol. The summed E-state index contributed by atoms with van der Waals surface area (Å²) in [7, 11) is 3.07. The molecule has 0 bridgehead atoms. The van der Waals surface area contributed by atoms with Crippen LogP contribution in [0.1, 0.15) is 84.7 Å². The van der Waals surface area contributed by atoms with Crippen molar-refractivity contribution in [1.29, 1.82) is 0 Å². The molecule has 5 aromatic rings. The summed E-state index contributed by atoms with van der Waals surface area (Å²) in [5.74, 6) is -1.40. The smallest absolute Gasteiger partial charge is 0.433 e. The van der Waals surface area contributed by atoms with E-state index in [0.717, 1.165) is 55.3 Å². The Hall–Kier alpha value is -5.58. The number of likely N-dealkylation sites (tertiary alicyclic amines) is 1. The molecule has 2 N–H and O–H groups in total. The molecule has 3 fully saturated rings. The zero-order chi connectivity index (χ0) is 40.2. The molecule has 0 radical (unpaired) electrons. The Balaban J connectivity index is 0.892. The molecule has 2 saturated heterocycles. The minimum Gasteiger partial charge on any atom is -0.494 e. The molecule has 3 amide bonds. The summed E-state index contributed by atoms with van der Waals surface area (Å²) < 4.78 is 66.0. The number of fused-ring (bicyclic) bond motifs is 2. The van der Waals surface area contributed by atoms with Crippen molar-refractivity contribution < 1.29 is 36.7 Å². The first-order valence-corrected chi connectivity index (χ1v) is 19.1. The molecule has 57 heavy (non-hydrogen) atoms. The van der Waals surface area contributed by atoms with Gasteiger partial charge in [-0.1, -0.05) is 18.2 Å². The van der Waals surface area contributed by atoms with Crippen molar-refractivity contribution in [3.05, 3.63) is 82.2 Å². The number of para-hydroxylation sites is 1. The van der Waals surface area contributed by atoms with Crippen LogP contribution in [0.25, 0.3) is 21.9 Å². The van der Waals surface area contributed by atoms with Gasteiger partial charge in [0.05, 0.1) is 35.4 Å². The third-order valence-electron chi connectivity index (χ3n) is 11.8. The number of aromatic nitrogens is 5. The van der Waals surface area contributed by atoms with Crippen molar-refractivity contribution in [1.82, 2.24) is 34.1 Å². The maximum atomic E-state index is 16.1. The number of nitrogens with one attached hydrogen (secondary N) is 2. The Labute approximate surface area is 324 Å². The van der Waals surface area contributed by atoms with Crippen LogP contribution in [0.2, 0.25) is 0 Å². The van der Waals surface area contributed by atoms with Crippen molar-refractivity contribution >= 4 is 45.3 Å². The first-order chi connectivity index (χ1) is 27.3. The first-order valence-electron chi connectivity index (χ1n) is 19.1. The molecule has 1 aliphatic carbocycles. The van der Waals surface area contributed by atoms with Crippen LogP contribution in [-0.4, -0.2) is 79.4 Å². The summed E-state index contributed by atoms with van der Waals surface area (Å²) in [5, 5.41) is 10.5. The number of methoxy groups -OCH3 is 1. The largest absolute Gasteiger partial charge is 0.494 e. The normalized spacial score (nSPS) is 23.5. The Bertz CT molecular complexity index is 2430. The number of benzene rings is 2. The molecule has 17 heteroatoms. The van der Waals surface area contributed by atoms with Crippen molar-refractivity contribution in [3.8, 4) is 5.75 Å². The maximum absolute atomic E-state index is 16.1. The van der Waals surface area contributed by atoms with Gasteiger partial charge in [0.1, 0.15) is 29.4 Å². The number of carbonyl (C=O) groups excluding carboxylic acids is 3. The standard InChI is InChI=1S/C40H42F4N8O5/c1-49-36-26(5-3-7-31(36)52(39(49)56)32-13-14-35(53)47-38(32)55)25-15-16-50(21-27(25)41)19-22-9-11-24(12-10-22)51-20-23-17-30(33(57-2)18-29(23)48-51)46-37(54)28-6-4-8-34(45-28)40(42,43)44/h3-8,17-18,20,22,24-25,27,32H,9-16,19,21H2,1-2H3,(H,46,54)(H,47,53,55)/t22-,24-,25?,27?,32?. The van der Waals surface area contributed by atoms with Gasteiger partial charge < -0.3 is 15.0 Å². The number of hydrogen-bond donors (Lipinski definition) is 2. The highest BCUT2D eigenvalue weighted by Crippen LogP contribution is 2.39. The Morgan fingerprint density at radius 1 is 1.02 bits per heavy atom. The summed E-state index contributed by atoms with van der Waals surface area (Å²) in [6, 6.07) is 11.3. The molecule has 300 valence electrons. The van der Waals surface area contributed by atoms with E-state index in [1.165, 1.54) is 22.3 Å². The van der Waals surface area contributed by atoms with Crippen LogP contribution in [0.3, 0.4) is 0 Å². The SMILES string of the molecule is COc1cc2nn([C@H]3CC[C@H](CN4CCC(c5cccc6c5n(C)c(=O)n6C5CCC(=O)NC5=O)C(F)C4)CC3)cc2cc1NC(=O)c1cccc(C(F)(F)F)n1. The van der Waals surface area contributed by atoms with E-state index in [0.29, 0.717) is 41.2 Å². The molecule has 0 spiro atoms. The predicted molar refractivity (Wildman–Crippen MR) is 202 cm³/mol. The molecule has 3 unspecified atom stereocenters. The number of carbonyl (C=O) groups is 3. The number of amides is 3. The Morgan fingerprint density at radius 3 is 2.51 bits per heavy atom. The number of aryl methyl sites for hydroxylation is 1. The van der Waals surface area contributed by atoms with Crippen molar-refractivity contribution in [2.24, 2.45) is 13.0 Å². The van der Waals surface area contributed by atoms with Gasteiger partial charge in [-0.05, 0) is 80.8 Å². The summed E-state index contributed by atoms with van der Waals surface area (Å²) >= 11 is 0. The van der Waals surface area contributed by atoms with E-state index in [-0.39, 0.29) is 48.4 Å². The molecule has 3 aromatic heterocycles. The number of halogens is 4. The van der Waals surface area contributed by atoms with Crippen LogP contribution < -0.4 is 21.1 Å². The highest BCUT2D eigenvalue weighted by atomic mass is 19.4. The molecule has 13 nitrogen and oxygen atoms in total. The lowest BCUT2D eigenvalue weighted by Crippen LogP contribution is -2.44. The molecule has 2 aromatic carbocycles. The summed E-state index contributed by atoms with van der Waals surface area (Å²) in [5.41, 5.74) is 0.929. The number of alkyl halides is 4. The number of nitrogens with zero attached hydrogens (tertiary/aromatic N) is 6. The van der Waals surface area contributed by atoms with Gasteiger partial charge in [-0.25, -0.2) is 14.2 Å². The Morgan fingerprint density at radius 2 is 1.79 bits per heavy atom. The second-order valence-corrected chi connectivity index (χ2v) is 15.3. The van der Waals surface area contributed by atoms with E-state index < -0.39 is 41.8 Å². The van der Waals surface area contributed by atoms with E-state index in [9.17, 15) is 32.3 Å². The summed E-state index contributed by atoms with van der Waals surface area (Å²) in [6.45, 7) is 1.76. The number of rotatable bonds is 8. The molecule has 1 saturated carbocycles. The Kier molecular flexibility index (Phi) is 10.1. The zero-order valence-corrected chi connectivity index (χ0v) is 31.4. The lowest BCUT2D eigenvalue weighted by molar-refractivity contribution is -0.141. The topological polar surface area (TPSA) is 145 Å². The fourth-order valence-corrected chi connectivity index (χ4v) is 8.87. The number of ether oxygens (including phenoxy) is 1. The fourth-order valence-electron chi connectivity index (χ4n) is 8.87. The van der Waals surface area contributed by atoms with Gasteiger partial charge in [0.2, 0.25) is 11.8 Å². The van der Waals surface area contributed by atoms with Crippen molar-refractivity contribution in [3.63, 3.8) is 0 Å². The molecule has 3 aliphatic rings. The lowest BCUT2D eigenvalue weighted by Gasteiger charge is -2.38. The van der Waals surface area contributed by atoms with Crippen LogP contribution in [0.15, 0.2) is 59.5 Å². The average Bonchev–Trinajstić information content (AvgIpc) is 3.71.